The number of fused-ring (bicyclic) bond motifs is 4. The number of rotatable bonds is 26. The first-order valence-electron chi connectivity index (χ1n) is 37.5. The van der Waals surface area contributed by atoms with Gasteiger partial charge in [0.25, 0.3) is 0 Å². The summed E-state index contributed by atoms with van der Waals surface area (Å²) in [5.74, 6) is 0. The predicted molar refractivity (Wildman–Crippen MR) is 438 cm³/mol. The van der Waals surface area contributed by atoms with E-state index >= 15 is 0 Å². The average molecular weight is 1330 g/mol. The Morgan fingerprint density at radius 1 is 0.214 bits per heavy atom. The van der Waals surface area contributed by atoms with Gasteiger partial charge in [-0.15, -0.1) is 0 Å². The molecule has 0 heterocycles. The number of aryl methyl sites for hydroxylation is 2. The van der Waals surface area contributed by atoms with E-state index in [2.05, 4.69) is 385 Å². The highest BCUT2D eigenvalue weighted by molar-refractivity contribution is 5.89. The van der Waals surface area contributed by atoms with Crippen molar-refractivity contribution in [3.05, 3.63) is 374 Å². The molecule has 0 saturated carbocycles. The van der Waals surface area contributed by atoms with Gasteiger partial charge in [-0.3, -0.25) is 0 Å². The fourth-order valence-corrected chi connectivity index (χ4v) is 16.1. The zero-order valence-corrected chi connectivity index (χ0v) is 59.3. The Balaban J connectivity index is 0.695. The van der Waals surface area contributed by atoms with Gasteiger partial charge in [0, 0.05) is 73.7 Å². The van der Waals surface area contributed by atoms with Gasteiger partial charge < -0.3 is 19.6 Å². The molecule has 4 nitrogen and oxygen atoms in total. The predicted octanol–water partition coefficient (Wildman–Crippen LogP) is 28.5. The molecule has 0 atom stereocenters. The molecule has 14 aromatic carbocycles. The Bertz CT molecular complexity index is 5080. The Labute approximate surface area is 610 Å². The summed E-state index contributed by atoms with van der Waals surface area (Å²) in [7, 11) is 0. The minimum absolute atomic E-state index is 0.0462. The van der Waals surface area contributed by atoms with Gasteiger partial charge in [0.2, 0.25) is 0 Å². The molecule has 4 heteroatoms. The molecule has 2 aliphatic carbocycles. The van der Waals surface area contributed by atoms with E-state index in [0.717, 1.165) is 97.7 Å². The lowest BCUT2D eigenvalue weighted by Crippen LogP contribution is -2.26. The van der Waals surface area contributed by atoms with E-state index in [0.29, 0.717) is 0 Å². The van der Waals surface area contributed by atoms with Crippen molar-refractivity contribution in [2.45, 2.75) is 96.3 Å². The molecule has 16 rings (SSSR count). The maximum atomic E-state index is 2.58. The molecule has 504 valence electrons. The highest BCUT2D eigenvalue weighted by atomic mass is 15.2. The number of anilines is 12. The van der Waals surface area contributed by atoms with Crippen LogP contribution in [0, 0.1) is 0 Å². The Hall–Kier alpha value is -11.7. The van der Waals surface area contributed by atoms with Crippen molar-refractivity contribution in [1.29, 1.82) is 0 Å². The number of hydrogen-bond acceptors (Lipinski definition) is 4. The van der Waals surface area contributed by atoms with Crippen LogP contribution in [0.4, 0.5) is 68.2 Å². The molecule has 14 aromatic rings. The van der Waals surface area contributed by atoms with Crippen LogP contribution in [0.5, 0.6) is 0 Å². The highest BCUT2D eigenvalue weighted by Crippen LogP contribution is 2.56. The van der Waals surface area contributed by atoms with E-state index < -0.39 is 0 Å². The molecule has 0 radical (unpaired) electrons. The van der Waals surface area contributed by atoms with Gasteiger partial charge in [-0.25, -0.2) is 0 Å². The van der Waals surface area contributed by atoms with Gasteiger partial charge in [-0.2, -0.15) is 0 Å². The lowest BCUT2D eigenvalue weighted by atomic mass is 9.70. The first kappa shape index (κ1) is 65.9. The van der Waals surface area contributed by atoms with Crippen LogP contribution in [-0.4, -0.2) is 0 Å². The highest BCUT2D eigenvalue weighted by Gasteiger charge is 2.42. The molecule has 0 aliphatic heterocycles. The molecule has 2 aliphatic rings. The van der Waals surface area contributed by atoms with Crippen LogP contribution in [0.15, 0.2) is 352 Å². The van der Waals surface area contributed by atoms with Crippen molar-refractivity contribution in [3.8, 4) is 55.6 Å². The maximum absolute atomic E-state index is 2.58. The summed E-state index contributed by atoms with van der Waals surface area (Å²) in [6.07, 6.45) is 14.7. The third kappa shape index (κ3) is 13.7. The van der Waals surface area contributed by atoms with Crippen molar-refractivity contribution in [3.63, 3.8) is 0 Å². The summed E-state index contributed by atoms with van der Waals surface area (Å²) in [4.78, 5) is 9.53. The number of para-hydroxylation sites is 4. The van der Waals surface area contributed by atoms with Crippen LogP contribution < -0.4 is 19.6 Å². The fourth-order valence-electron chi connectivity index (χ4n) is 16.1. The SMILES string of the molecule is CCCCCCC1(CCCCCC)c2ccccc2-c2ccc(N(c3ccc(-c4ccc(N(c5ccccc5)c5ccccc5)cc4)cc3)c3ccc(-c4ccc(N(c5ccccc5)c5ccc(-c6ccc(N(c7ccccc7)c7cccc(-c8ccc9c(c8)CC9)c7)cc6)cc5)cc4)cc3)cc21. The Morgan fingerprint density at radius 3 is 0.883 bits per heavy atom. The zero-order chi connectivity index (χ0) is 69.3. The second-order valence-electron chi connectivity index (χ2n) is 28.0. The van der Waals surface area contributed by atoms with Crippen LogP contribution in [0.3, 0.4) is 0 Å². The second kappa shape index (κ2) is 30.2. The summed E-state index contributed by atoms with van der Waals surface area (Å²) in [5.41, 5.74) is 31.6. The quantitative estimate of drug-likeness (QED) is 0.0501. The van der Waals surface area contributed by atoms with E-state index in [1.165, 1.54) is 126 Å². The molecule has 0 amide bonds. The normalized spacial score (nSPS) is 12.4. The van der Waals surface area contributed by atoms with Crippen molar-refractivity contribution in [1.82, 2.24) is 0 Å². The molecule has 0 N–H and O–H groups in total. The number of benzene rings is 14. The van der Waals surface area contributed by atoms with Gasteiger partial charge in [0.1, 0.15) is 0 Å². The largest absolute Gasteiger partial charge is 0.311 e. The smallest absolute Gasteiger partial charge is 0.0467 e. The van der Waals surface area contributed by atoms with Crippen LogP contribution in [-0.2, 0) is 18.3 Å². The number of hydrogen-bond donors (Lipinski definition) is 0. The minimum atomic E-state index is -0.0462. The van der Waals surface area contributed by atoms with Gasteiger partial charge in [-0.1, -0.05) is 271 Å². The van der Waals surface area contributed by atoms with Gasteiger partial charge in [0.15, 0.2) is 0 Å². The zero-order valence-electron chi connectivity index (χ0n) is 59.3. The standard InChI is InChI=1S/C99H88N4/c1-3-5-7-23-68-99(69-24-8-6-4-2)97-37-22-21-36-95(97)96-67-66-94(72-98(96)99)103(91-62-50-77(51-63-91)73-42-54-87(55-43-73)100(83-27-13-9-14-28-83)84-29-15-10-16-30-84)92-64-52-78(53-65-92)75-46-58-89(59-47-75)101(85-31-17-11-18-32-85)88-56-44-74(45-57-88)76-48-60-90(61-49-76)102(86-33-19-12-20-34-86)93-35-25-26-80(71-93)82-41-39-79-38-40-81(79)70-82/h9-22,25-37,39,41-67,70-72H,3-8,23-24,38,40,68-69H2,1-2H3. The van der Waals surface area contributed by atoms with E-state index in [4.69, 9.17) is 0 Å². The summed E-state index contributed by atoms with van der Waals surface area (Å²) < 4.78 is 0. The van der Waals surface area contributed by atoms with E-state index in [9.17, 15) is 0 Å². The lowest BCUT2D eigenvalue weighted by molar-refractivity contribution is 0.401. The molecule has 0 fully saturated rings. The Morgan fingerprint density at radius 2 is 0.515 bits per heavy atom. The molecular formula is C99H88N4. The molecule has 103 heavy (non-hydrogen) atoms. The summed E-state index contributed by atoms with van der Waals surface area (Å²) in [6.45, 7) is 4.66. The fraction of sp³-hybridized carbons (Fsp3) is 0.152. The second-order valence-corrected chi connectivity index (χ2v) is 28.0. The lowest BCUT2D eigenvalue weighted by Gasteiger charge is -2.34. The van der Waals surface area contributed by atoms with Crippen molar-refractivity contribution < 1.29 is 0 Å². The van der Waals surface area contributed by atoms with Crippen LogP contribution >= 0.6 is 0 Å². The molecule has 0 aromatic heterocycles. The minimum Gasteiger partial charge on any atom is -0.311 e. The van der Waals surface area contributed by atoms with E-state index in [1.807, 2.05) is 0 Å². The Kier molecular flexibility index (Phi) is 19.3. The number of unbranched alkanes of at least 4 members (excludes halogenated alkanes) is 6. The van der Waals surface area contributed by atoms with Crippen LogP contribution in [0.1, 0.15) is 100 Å². The van der Waals surface area contributed by atoms with Crippen molar-refractivity contribution in [2.75, 3.05) is 19.6 Å². The molecule has 0 bridgehead atoms. The first-order valence-corrected chi connectivity index (χ1v) is 37.5. The van der Waals surface area contributed by atoms with Gasteiger partial charge in [-0.05, 0) is 249 Å². The first-order chi connectivity index (χ1) is 51.0. The monoisotopic (exact) mass is 1330 g/mol. The summed E-state index contributed by atoms with van der Waals surface area (Å²) in [5, 5.41) is 0. The van der Waals surface area contributed by atoms with Crippen molar-refractivity contribution >= 4 is 68.2 Å². The van der Waals surface area contributed by atoms with Gasteiger partial charge >= 0.3 is 0 Å². The van der Waals surface area contributed by atoms with Crippen LogP contribution in [0.25, 0.3) is 55.6 Å². The molecular weight excluding hydrogens is 1250 g/mol. The van der Waals surface area contributed by atoms with Gasteiger partial charge in [0.05, 0.1) is 0 Å². The maximum Gasteiger partial charge on any atom is 0.0467 e. The molecule has 0 spiro atoms. The van der Waals surface area contributed by atoms with Crippen molar-refractivity contribution in [2.24, 2.45) is 0 Å². The average Bonchev–Trinajstić information content (AvgIpc) is 1.57. The number of nitrogens with zero attached hydrogens (tertiary/aromatic N) is 4. The molecule has 0 saturated heterocycles. The topological polar surface area (TPSA) is 13.0 Å². The van der Waals surface area contributed by atoms with E-state index in [-0.39, 0.29) is 5.41 Å². The van der Waals surface area contributed by atoms with E-state index in [1.54, 1.807) is 0 Å². The third-order valence-electron chi connectivity index (χ3n) is 21.5. The summed E-state index contributed by atoms with van der Waals surface area (Å²) in [6, 6.07) is 130. The van der Waals surface area contributed by atoms with Crippen LogP contribution in [0.2, 0.25) is 0 Å². The molecule has 0 unspecified atom stereocenters. The third-order valence-corrected chi connectivity index (χ3v) is 21.5. The summed E-state index contributed by atoms with van der Waals surface area (Å²) >= 11 is 0.